The van der Waals surface area contributed by atoms with Gasteiger partial charge in [-0.3, -0.25) is 0 Å². The molecule has 0 fully saturated rings. The summed E-state index contributed by atoms with van der Waals surface area (Å²) in [6, 6.07) is 0. The molecule has 3 heteroatoms. The fourth-order valence-electron chi connectivity index (χ4n) is 0.227. The molecule has 0 heterocycles. The van der Waals surface area contributed by atoms with Gasteiger partial charge < -0.3 is 15.2 Å². The molecule has 0 rings (SSSR count). The predicted octanol–water partition coefficient (Wildman–Crippen LogP) is -1.65. The number of carboxylic acids is 1. The van der Waals surface area contributed by atoms with E-state index in [1.807, 2.05) is 6.92 Å². The van der Waals surface area contributed by atoms with Crippen molar-refractivity contribution in [2.45, 2.75) is 6.92 Å². The lowest BCUT2D eigenvalue weighted by Gasteiger charge is -1.98. The number of carbonyl (C=O) groups is 1. The predicted molar refractivity (Wildman–Crippen MR) is 23.6 cm³/mol. The first-order chi connectivity index (χ1) is 3.27. The number of likely N-dealkylation sites (N-methyl/N-ethyl adjacent to an activating group) is 1. The van der Waals surface area contributed by atoms with E-state index in [0.717, 1.165) is 0 Å². The summed E-state index contributed by atoms with van der Waals surface area (Å²) in [6.07, 6.45) is 0. The minimum atomic E-state index is -1.05. The molecule has 0 saturated carbocycles. The van der Waals surface area contributed by atoms with Crippen molar-refractivity contribution in [2.24, 2.45) is 0 Å². The molecule has 0 bridgehead atoms. The summed E-state index contributed by atoms with van der Waals surface area (Å²) in [5, 5.41) is 12.2. The van der Waals surface area contributed by atoms with Gasteiger partial charge in [0.1, 0.15) is 0 Å². The van der Waals surface area contributed by atoms with E-state index in [2.05, 4.69) is 5.32 Å². The van der Waals surface area contributed by atoms with Crippen LogP contribution in [0.15, 0.2) is 0 Å². The molecule has 0 spiro atoms. The molecular formula is C4H8NO2-. The molecule has 7 heavy (non-hydrogen) atoms. The van der Waals surface area contributed by atoms with Crippen LogP contribution in [-0.4, -0.2) is 19.1 Å². The SMILES string of the molecule is CCNCC(=O)[O-]. The number of carboxylic acid groups (broad SMARTS) is 1. The first-order valence-corrected chi connectivity index (χ1v) is 2.18. The van der Waals surface area contributed by atoms with E-state index in [9.17, 15) is 9.90 Å². The Balaban J connectivity index is 2.82. The average Bonchev–Trinajstić information content (AvgIpc) is 1.61. The fourth-order valence-corrected chi connectivity index (χ4v) is 0.227. The molecule has 0 aromatic heterocycles. The number of carbonyl (C=O) groups excluding carboxylic acids is 1. The molecule has 0 aromatic carbocycles. The Morgan fingerprint density at radius 1 is 1.86 bits per heavy atom. The van der Waals surface area contributed by atoms with Crippen LogP contribution < -0.4 is 10.4 Å². The number of nitrogens with one attached hydrogen (secondary N) is 1. The van der Waals surface area contributed by atoms with E-state index in [4.69, 9.17) is 0 Å². The molecule has 3 nitrogen and oxygen atoms in total. The third-order valence-electron chi connectivity index (χ3n) is 0.519. The van der Waals surface area contributed by atoms with E-state index in [1.165, 1.54) is 0 Å². The second-order valence-electron chi connectivity index (χ2n) is 1.15. The van der Waals surface area contributed by atoms with Gasteiger partial charge in [-0.05, 0) is 6.54 Å². The highest BCUT2D eigenvalue weighted by atomic mass is 16.4. The van der Waals surface area contributed by atoms with E-state index in [0.29, 0.717) is 6.54 Å². The Bertz CT molecular complexity index is 62.7. The summed E-state index contributed by atoms with van der Waals surface area (Å²) in [7, 11) is 0. The molecule has 0 saturated heterocycles. The van der Waals surface area contributed by atoms with E-state index < -0.39 is 5.97 Å². The minimum Gasteiger partial charge on any atom is -0.549 e. The molecule has 0 unspecified atom stereocenters. The minimum absolute atomic E-state index is 0.0451. The quantitative estimate of drug-likeness (QED) is 0.464. The largest absolute Gasteiger partial charge is 0.549 e. The Labute approximate surface area is 42.3 Å². The van der Waals surface area contributed by atoms with E-state index in [1.54, 1.807) is 0 Å². The number of rotatable bonds is 3. The first kappa shape index (κ1) is 6.43. The van der Waals surface area contributed by atoms with Gasteiger partial charge >= 0.3 is 0 Å². The normalized spacial score (nSPS) is 8.71. The number of aliphatic carboxylic acids is 1. The van der Waals surface area contributed by atoms with Crippen molar-refractivity contribution >= 4 is 5.97 Å². The van der Waals surface area contributed by atoms with Crippen LogP contribution in [0.5, 0.6) is 0 Å². The van der Waals surface area contributed by atoms with E-state index >= 15 is 0 Å². The molecule has 0 aliphatic rings. The molecule has 0 atom stereocenters. The standard InChI is InChI=1S/C4H9NO2/c1-2-5-3-4(6)7/h5H,2-3H2,1H3,(H,6,7)/p-1. The van der Waals surface area contributed by atoms with Crippen LogP contribution in [0.25, 0.3) is 0 Å². The lowest BCUT2D eigenvalue weighted by molar-refractivity contribution is -0.304. The van der Waals surface area contributed by atoms with Gasteiger partial charge in [0.15, 0.2) is 0 Å². The fraction of sp³-hybridized carbons (Fsp3) is 0.750. The molecule has 0 aromatic rings. The molecule has 0 aliphatic carbocycles. The van der Waals surface area contributed by atoms with Gasteiger partial charge in [0.2, 0.25) is 0 Å². The Morgan fingerprint density at radius 2 is 2.43 bits per heavy atom. The maximum absolute atomic E-state index is 9.58. The lowest BCUT2D eigenvalue weighted by Crippen LogP contribution is -2.34. The van der Waals surface area contributed by atoms with Crippen molar-refractivity contribution in [3.8, 4) is 0 Å². The van der Waals surface area contributed by atoms with E-state index in [-0.39, 0.29) is 6.54 Å². The summed E-state index contributed by atoms with van der Waals surface area (Å²) in [6.45, 7) is 2.47. The first-order valence-electron chi connectivity index (χ1n) is 2.18. The maximum Gasteiger partial charge on any atom is 0.0552 e. The van der Waals surface area contributed by atoms with Crippen molar-refractivity contribution in [1.82, 2.24) is 5.32 Å². The maximum atomic E-state index is 9.58. The molecule has 0 amide bonds. The van der Waals surface area contributed by atoms with Gasteiger partial charge in [-0.15, -0.1) is 0 Å². The van der Waals surface area contributed by atoms with Crippen LogP contribution in [0.3, 0.4) is 0 Å². The van der Waals surface area contributed by atoms with Crippen molar-refractivity contribution in [3.63, 3.8) is 0 Å². The van der Waals surface area contributed by atoms with Gasteiger partial charge in [0, 0.05) is 6.54 Å². The smallest absolute Gasteiger partial charge is 0.0552 e. The van der Waals surface area contributed by atoms with Crippen LogP contribution in [-0.2, 0) is 4.79 Å². The second-order valence-corrected chi connectivity index (χ2v) is 1.15. The summed E-state index contributed by atoms with van der Waals surface area (Å²) in [4.78, 5) is 9.58. The van der Waals surface area contributed by atoms with Crippen molar-refractivity contribution < 1.29 is 9.90 Å². The van der Waals surface area contributed by atoms with Gasteiger partial charge in [-0.1, -0.05) is 6.92 Å². The Hall–Kier alpha value is -0.570. The summed E-state index contributed by atoms with van der Waals surface area (Å²) in [5.74, 6) is -1.05. The summed E-state index contributed by atoms with van der Waals surface area (Å²) in [5.41, 5.74) is 0. The highest BCUT2D eigenvalue weighted by Gasteiger charge is 1.77. The Morgan fingerprint density at radius 3 is 2.57 bits per heavy atom. The second kappa shape index (κ2) is 3.61. The topological polar surface area (TPSA) is 52.2 Å². The zero-order valence-corrected chi connectivity index (χ0v) is 4.23. The number of hydrogen-bond acceptors (Lipinski definition) is 3. The lowest BCUT2D eigenvalue weighted by atomic mass is 10.6. The molecule has 42 valence electrons. The van der Waals surface area contributed by atoms with Crippen LogP contribution in [0, 0.1) is 0 Å². The molecule has 0 aliphatic heterocycles. The molecule has 0 radical (unpaired) electrons. The van der Waals surface area contributed by atoms with Crippen LogP contribution in [0.2, 0.25) is 0 Å². The van der Waals surface area contributed by atoms with Crippen LogP contribution in [0.4, 0.5) is 0 Å². The zero-order chi connectivity index (χ0) is 5.70. The van der Waals surface area contributed by atoms with Crippen LogP contribution in [0.1, 0.15) is 6.92 Å². The van der Waals surface area contributed by atoms with Crippen molar-refractivity contribution in [3.05, 3.63) is 0 Å². The van der Waals surface area contributed by atoms with Gasteiger partial charge in [0.25, 0.3) is 0 Å². The monoisotopic (exact) mass is 102 g/mol. The molecular weight excluding hydrogens is 94.0 g/mol. The van der Waals surface area contributed by atoms with Gasteiger partial charge in [0.05, 0.1) is 5.97 Å². The van der Waals surface area contributed by atoms with Crippen molar-refractivity contribution in [1.29, 1.82) is 0 Å². The highest BCUT2D eigenvalue weighted by Crippen LogP contribution is 1.51. The average molecular weight is 102 g/mol. The summed E-state index contributed by atoms with van der Waals surface area (Å²) < 4.78 is 0. The Kier molecular flexibility index (Phi) is 3.32. The van der Waals surface area contributed by atoms with Gasteiger partial charge in [-0.25, -0.2) is 0 Å². The highest BCUT2D eigenvalue weighted by molar-refractivity contribution is 5.66. The third kappa shape index (κ3) is 5.43. The zero-order valence-electron chi connectivity index (χ0n) is 4.23. The van der Waals surface area contributed by atoms with Crippen molar-refractivity contribution in [2.75, 3.05) is 13.1 Å². The number of hydrogen-bond donors (Lipinski definition) is 1. The van der Waals surface area contributed by atoms with Crippen LogP contribution >= 0.6 is 0 Å². The van der Waals surface area contributed by atoms with Gasteiger partial charge in [-0.2, -0.15) is 0 Å². The summed E-state index contributed by atoms with van der Waals surface area (Å²) >= 11 is 0. The molecule has 1 N–H and O–H groups in total. The third-order valence-corrected chi connectivity index (χ3v) is 0.519.